The number of aromatic nitrogens is 4. The van der Waals surface area contributed by atoms with E-state index in [-0.39, 0.29) is 12.5 Å². The molecule has 0 bridgehead atoms. The van der Waals surface area contributed by atoms with Crippen molar-refractivity contribution in [1.82, 2.24) is 24.6 Å². The van der Waals surface area contributed by atoms with Crippen molar-refractivity contribution in [3.05, 3.63) is 95.4 Å². The van der Waals surface area contributed by atoms with Gasteiger partial charge in [-0.1, -0.05) is 17.7 Å². The third kappa shape index (κ3) is 3.52. The molecule has 0 fully saturated rings. The number of pyridine rings is 1. The molecule has 3 aromatic heterocycles. The van der Waals surface area contributed by atoms with Crippen molar-refractivity contribution in [2.45, 2.75) is 6.54 Å². The van der Waals surface area contributed by atoms with E-state index >= 15 is 0 Å². The number of amides is 1. The smallest absolute Gasteiger partial charge is 0.257 e. The molecule has 0 spiro atoms. The van der Waals surface area contributed by atoms with E-state index in [9.17, 15) is 9.18 Å². The van der Waals surface area contributed by atoms with Crippen LogP contribution in [0.3, 0.4) is 0 Å². The molecule has 4 rings (SSSR count). The lowest BCUT2D eigenvalue weighted by atomic mass is 10.2. The van der Waals surface area contributed by atoms with Crippen molar-refractivity contribution in [3.8, 4) is 11.5 Å². The molecule has 1 aromatic carbocycles. The Bertz CT molecular complexity index is 1110. The highest BCUT2D eigenvalue weighted by atomic mass is 35.5. The molecule has 6 nitrogen and oxygen atoms in total. The molecule has 8 heteroatoms. The lowest BCUT2D eigenvalue weighted by Crippen LogP contribution is -2.24. The van der Waals surface area contributed by atoms with Gasteiger partial charge in [0.05, 0.1) is 29.1 Å². The molecule has 0 aliphatic carbocycles. The summed E-state index contributed by atoms with van der Waals surface area (Å²) in [4.78, 5) is 17.0. The second-order valence-electron chi connectivity index (χ2n) is 5.98. The number of halogens is 2. The molecule has 28 heavy (non-hydrogen) atoms. The van der Waals surface area contributed by atoms with Crippen molar-refractivity contribution in [1.29, 1.82) is 0 Å². The van der Waals surface area contributed by atoms with Crippen molar-refractivity contribution in [2.75, 3.05) is 0 Å². The van der Waals surface area contributed by atoms with E-state index in [1.54, 1.807) is 23.2 Å². The monoisotopic (exact) mass is 395 g/mol. The molecule has 1 N–H and O–H groups in total. The van der Waals surface area contributed by atoms with E-state index in [4.69, 9.17) is 11.6 Å². The minimum absolute atomic E-state index is 0.274. The van der Waals surface area contributed by atoms with E-state index < -0.39 is 5.82 Å². The first-order valence-electron chi connectivity index (χ1n) is 8.48. The molecule has 0 saturated carbocycles. The van der Waals surface area contributed by atoms with Gasteiger partial charge in [0.2, 0.25) is 0 Å². The quantitative estimate of drug-likeness (QED) is 0.559. The second kappa shape index (κ2) is 7.66. The third-order valence-electron chi connectivity index (χ3n) is 4.13. The topological polar surface area (TPSA) is 64.7 Å². The lowest BCUT2D eigenvalue weighted by Gasteiger charge is -2.12. The molecule has 3 heterocycles. The van der Waals surface area contributed by atoms with Gasteiger partial charge in [-0.25, -0.2) is 9.07 Å². The van der Waals surface area contributed by atoms with Crippen LogP contribution < -0.4 is 5.32 Å². The van der Waals surface area contributed by atoms with Crippen LogP contribution in [0.15, 0.2) is 73.3 Å². The Hall–Kier alpha value is -3.45. The normalized spacial score (nSPS) is 10.8. The summed E-state index contributed by atoms with van der Waals surface area (Å²) in [6, 6.07) is 13.1. The van der Waals surface area contributed by atoms with Gasteiger partial charge in [0.1, 0.15) is 11.4 Å². The molecule has 140 valence electrons. The number of carbonyl (C=O) groups excluding carboxylic acids is 1. The standard InChI is InChI=1S/C20H15ClFN5O/c21-17-7-6-14(22)11-18(17)27-20(26-9-3-4-10-26)16(13-25-27)19(28)24-12-15-5-1-2-8-23-15/h1-11,13H,12H2,(H,24,28). The Kier molecular flexibility index (Phi) is 4.90. The van der Waals surface area contributed by atoms with Crippen LogP contribution in [0.1, 0.15) is 16.1 Å². The van der Waals surface area contributed by atoms with E-state index in [1.165, 1.54) is 29.1 Å². The molecule has 0 unspecified atom stereocenters. The number of hydrogen-bond acceptors (Lipinski definition) is 3. The second-order valence-corrected chi connectivity index (χ2v) is 6.39. The minimum Gasteiger partial charge on any atom is -0.346 e. The summed E-state index contributed by atoms with van der Waals surface area (Å²) in [6.07, 6.45) is 6.65. The molecular weight excluding hydrogens is 381 g/mol. The fourth-order valence-electron chi connectivity index (χ4n) is 2.82. The van der Waals surface area contributed by atoms with Crippen molar-refractivity contribution < 1.29 is 9.18 Å². The number of hydrogen-bond donors (Lipinski definition) is 1. The number of benzene rings is 1. The largest absolute Gasteiger partial charge is 0.346 e. The molecule has 0 radical (unpaired) electrons. The van der Waals surface area contributed by atoms with Gasteiger partial charge in [-0.15, -0.1) is 0 Å². The summed E-state index contributed by atoms with van der Waals surface area (Å²) in [7, 11) is 0. The van der Waals surface area contributed by atoms with E-state index in [2.05, 4.69) is 15.4 Å². The van der Waals surface area contributed by atoms with Crippen LogP contribution in [-0.2, 0) is 6.54 Å². The van der Waals surface area contributed by atoms with E-state index in [1.807, 2.05) is 30.3 Å². The van der Waals surface area contributed by atoms with E-state index in [0.29, 0.717) is 22.1 Å². The van der Waals surface area contributed by atoms with Gasteiger partial charge < -0.3 is 9.88 Å². The summed E-state index contributed by atoms with van der Waals surface area (Å²) >= 11 is 6.25. The van der Waals surface area contributed by atoms with Gasteiger partial charge >= 0.3 is 0 Å². The van der Waals surface area contributed by atoms with Crippen molar-refractivity contribution in [2.24, 2.45) is 0 Å². The summed E-state index contributed by atoms with van der Waals surface area (Å²) in [5, 5.41) is 7.44. The zero-order valence-electron chi connectivity index (χ0n) is 14.6. The first-order chi connectivity index (χ1) is 13.6. The maximum absolute atomic E-state index is 13.8. The van der Waals surface area contributed by atoms with Crippen LogP contribution in [0.25, 0.3) is 11.5 Å². The summed E-state index contributed by atoms with van der Waals surface area (Å²) < 4.78 is 17.0. The van der Waals surface area contributed by atoms with Gasteiger partial charge in [-0.2, -0.15) is 5.10 Å². The molecular formula is C20H15ClFN5O. The van der Waals surface area contributed by atoms with Gasteiger partial charge in [0.15, 0.2) is 5.82 Å². The molecule has 0 aliphatic heterocycles. The van der Waals surface area contributed by atoms with Crippen LogP contribution in [0.4, 0.5) is 4.39 Å². The van der Waals surface area contributed by atoms with Crippen molar-refractivity contribution >= 4 is 17.5 Å². The SMILES string of the molecule is O=C(NCc1ccccn1)c1cnn(-c2cc(F)ccc2Cl)c1-n1cccc1. The summed E-state index contributed by atoms with van der Waals surface area (Å²) in [5.41, 5.74) is 1.40. The number of nitrogens with one attached hydrogen (secondary N) is 1. The number of nitrogens with zero attached hydrogens (tertiary/aromatic N) is 4. The third-order valence-corrected chi connectivity index (χ3v) is 4.45. The van der Waals surface area contributed by atoms with Gasteiger partial charge in [0, 0.05) is 24.7 Å². The highest BCUT2D eigenvalue weighted by Gasteiger charge is 2.21. The van der Waals surface area contributed by atoms with E-state index in [0.717, 1.165) is 5.69 Å². The Balaban J connectivity index is 1.73. The predicted octanol–water partition coefficient (Wildman–Crippen LogP) is 3.78. The average molecular weight is 396 g/mol. The Morgan fingerprint density at radius 1 is 1.14 bits per heavy atom. The van der Waals surface area contributed by atoms with Gasteiger partial charge in [0.25, 0.3) is 5.91 Å². The molecule has 0 aliphatic rings. The van der Waals surface area contributed by atoms with Crippen LogP contribution in [0.5, 0.6) is 0 Å². The Morgan fingerprint density at radius 3 is 2.71 bits per heavy atom. The molecule has 0 saturated heterocycles. The van der Waals surface area contributed by atoms with Crippen LogP contribution in [-0.4, -0.2) is 25.2 Å². The summed E-state index contributed by atoms with van der Waals surface area (Å²) in [6.45, 7) is 0.274. The average Bonchev–Trinajstić information content (AvgIpc) is 3.38. The highest BCUT2D eigenvalue weighted by Crippen LogP contribution is 2.26. The van der Waals surface area contributed by atoms with Crippen LogP contribution in [0, 0.1) is 5.82 Å². The molecule has 4 aromatic rings. The maximum atomic E-state index is 13.8. The fraction of sp³-hybridized carbons (Fsp3) is 0.0500. The Morgan fingerprint density at radius 2 is 1.96 bits per heavy atom. The van der Waals surface area contributed by atoms with Gasteiger partial charge in [-0.05, 0) is 36.4 Å². The minimum atomic E-state index is -0.450. The fourth-order valence-corrected chi connectivity index (χ4v) is 3.02. The van der Waals surface area contributed by atoms with Crippen molar-refractivity contribution in [3.63, 3.8) is 0 Å². The summed E-state index contributed by atoms with van der Waals surface area (Å²) in [5.74, 6) is -0.321. The Labute approximate surface area is 165 Å². The zero-order valence-corrected chi connectivity index (χ0v) is 15.3. The van der Waals surface area contributed by atoms with Crippen LogP contribution >= 0.6 is 11.6 Å². The first kappa shape index (κ1) is 17.9. The number of carbonyl (C=O) groups is 1. The zero-order chi connectivity index (χ0) is 19.5. The predicted molar refractivity (Wildman–Crippen MR) is 103 cm³/mol. The first-order valence-corrected chi connectivity index (χ1v) is 8.86. The maximum Gasteiger partial charge on any atom is 0.257 e. The highest BCUT2D eigenvalue weighted by molar-refractivity contribution is 6.32. The molecule has 0 atom stereocenters. The number of rotatable bonds is 5. The lowest BCUT2D eigenvalue weighted by molar-refractivity contribution is 0.0950. The molecule has 1 amide bonds. The van der Waals surface area contributed by atoms with Gasteiger partial charge in [-0.3, -0.25) is 9.78 Å². The van der Waals surface area contributed by atoms with Crippen LogP contribution in [0.2, 0.25) is 5.02 Å².